The van der Waals surface area contributed by atoms with Gasteiger partial charge < -0.3 is 15.4 Å². The van der Waals surface area contributed by atoms with E-state index in [9.17, 15) is 28.0 Å². The van der Waals surface area contributed by atoms with Gasteiger partial charge in [-0.3, -0.25) is 5.73 Å². The molecule has 2 aromatic carbocycles. The fourth-order valence-electron chi connectivity index (χ4n) is 4.65. The number of carbonyl (C=O) groups excluding carboxylic acids is 2. The lowest BCUT2D eigenvalue weighted by Crippen LogP contribution is -2.54. The van der Waals surface area contributed by atoms with Gasteiger partial charge in [0.15, 0.2) is 0 Å². The van der Waals surface area contributed by atoms with Crippen molar-refractivity contribution in [3.8, 4) is 6.07 Å². The summed E-state index contributed by atoms with van der Waals surface area (Å²) < 4.78 is 46.7. The van der Waals surface area contributed by atoms with E-state index in [2.05, 4.69) is 6.07 Å². The summed E-state index contributed by atoms with van der Waals surface area (Å²) in [6, 6.07) is 9.06. The van der Waals surface area contributed by atoms with Gasteiger partial charge >= 0.3 is 24.1 Å². The number of urea groups is 1. The molecule has 39 heavy (non-hydrogen) atoms. The number of nitrogens with zero attached hydrogens (tertiary/aromatic N) is 4. The van der Waals surface area contributed by atoms with Crippen molar-refractivity contribution >= 4 is 23.6 Å². The number of hydrogen-bond acceptors (Lipinski definition) is 6. The van der Waals surface area contributed by atoms with Crippen LogP contribution in [0, 0.1) is 11.3 Å². The Morgan fingerprint density at radius 3 is 2.46 bits per heavy atom. The molecule has 0 aliphatic carbocycles. The number of aryl methyl sites for hydroxylation is 1. The third-order valence-electron chi connectivity index (χ3n) is 6.43. The number of benzene rings is 2. The average Bonchev–Trinajstić information content (AvgIpc) is 2.87. The van der Waals surface area contributed by atoms with Crippen LogP contribution in [0.15, 0.2) is 53.7 Å². The molecule has 9 nitrogen and oxygen atoms in total. The summed E-state index contributed by atoms with van der Waals surface area (Å²) in [6.07, 6.45) is -3.44. The molecule has 1 aliphatic heterocycles. The van der Waals surface area contributed by atoms with Crippen LogP contribution in [-0.2, 0) is 22.1 Å². The predicted molar refractivity (Wildman–Crippen MR) is 137 cm³/mol. The number of rotatable bonds is 7. The molecule has 0 saturated carbocycles. The quantitative estimate of drug-likeness (QED) is 0.406. The minimum atomic E-state index is -4.64. The maximum Gasteiger partial charge on any atom is 0.416 e. The monoisotopic (exact) mass is 543 g/mol. The van der Waals surface area contributed by atoms with Crippen LogP contribution in [0.3, 0.4) is 0 Å². The van der Waals surface area contributed by atoms with E-state index >= 15 is 0 Å². The number of nitriles is 1. The van der Waals surface area contributed by atoms with E-state index in [0.717, 1.165) is 35.3 Å². The van der Waals surface area contributed by atoms with Gasteiger partial charge in [0, 0.05) is 0 Å². The van der Waals surface area contributed by atoms with Gasteiger partial charge in [0.05, 0.1) is 30.0 Å². The zero-order valence-corrected chi connectivity index (χ0v) is 22.0. The van der Waals surface area contributed by atoms with E-state index in [1.807, 2.05) is 19.0 Å². The molecule has 206 valence electrons. The number of esters is 1. The maximum atomic E-state index is 13.5. The Bertz CT molecular complexity index is 1390. The molecule has 2 aromatic rings. The Kier molecular flexibility index (Phi) is 8.66. The Morgan fingerprint density at radius 2 is 1.90 bits per heavy atom. The number of allylic oxidation sites excluding steroid dienone is 1. The van der Waals surface area contributed by atoms with Crippen molar-refractivity contribution in [2.45, 2.75) is 32.0 Å². The van der Waals surface area contributed by atoms with Gasteiger partial charge in [0.2, 0.25) is 0 Å². The van der Waals surface area contributed by atoms with E-state index in [-0.39, 0.29) is 22.9 Å². The van der Waals surface area contributed by atoms with E-state index in [1.165, 1.54) is 19.1 Å². The minimum absolute atomic E-state index is 0.0306. The first-order chi connectivity index (χ1) is 18.3. The van der Waals surface area contributed by atoms with Crippen LogP contribution in [0.5, 0.6) is 0 Å². The van der Waals surface area contributed by atoms with Crippen LogP contribution >= 0.6 is 0 Å². The summed E-state index contributed by atoms with van der Waals surface area (Å²) in [6.45, 7) is 2.23. The van der Waals surface area contributed by atoms with Crippen LogP contribution in [-0.4, -0.2) is 60.1 Å². The number of guanidine groups is 1. The Hall–Kier alpha value is -4.37. The fourth-order valence-corrected chi connectivity index (χ4v) is 4.65. The standard InChI is InChI=1S/C27H29F3N6O3/c1-16-22(24(37)39-4)23(21-11-10-17(15-31)13-18(21)7-6-12-34(2)3)36(26(33)38)25(32)35(16)20-9-5-8-19(14-20)27(28,29)30/h5,8-11,13-14,23,32H,6-7,12H2,1-4H3,(H2,33,38)/p+1/t23-/m1/s1. The lowest BCUT2D eigenvalue weighted by molar-refractivity contribution is -0.396. The molecule has 0 unspecified atom stereocenters. The molecule has 0 fully saturated rings. The second-order valence-corrected chi connectivity index (χ2v) is 9.28. The molecule has 2 amide bonds. The van der Waals surface area contributed by atoms with Crippen LogP contribution in [0.1, 0.15) is 41.6 Å². The Morgan fingerprint density at radius 1 is 1.21 bits per heavy atom. The van der Waals surface area contributed by atoms with E-state index in [1.54, 1.807) is 18.2 Å². The number of alkyl halides is 3. The van der Waals surface area contributed by atoms with Crippen molar-refractivity contribution in [2.24, 2.45) is 11.5 Å². The molecular formula is C27H30F3N6O3+. The molecule has 0 aromatic heterocycles. The first-order valence-corrected chi connectivity index (χ1v) is 12.0. The largest absolute Gasteiger partial charge is 0.465 e. The molecule has 12 heteroatoms. The van der Waals surface area contributed by atoms with Gasteiger partial charge in [0.25, 0.3) is 0 Å². The smallest absolute Gasteiger partial charge is 0.416 e. The second-order valence-electron chi connectivity index (χ2n) is 9.28. The summed E-state index contributed by atoms with van der Waals surface area (Å²) in [4.78, 5) is 29.0. The molecule has 0 radical (unpaired) electrons. The van der Waals surface area contributed by atoms with Crippen molar-refractivity contribution in [2.75, 3.05) is 27.7 Å². The van der Waals surface area contributed by atoms with E-state index in [4.69, 9.17) is 16.2 Å². The summed E-state index contributed by atoms with van der Waals surface area (Å²) in [5.74, 6) is -1.11. The Labute approximate surface area is 224 Å². The zero-order chi connectivity index (χ0) is 29.1. The van der Waals surface area contributed by atoms with Crippen molar-refractivity contribution < 1.29 is 32.1 Å². The molecule has 0 saturated heterocycles. The number of ether oxygens (including phenoxy) is 1. The Balaban J connectivity index is 2.31. The highest BCUT2D eigenvalue weighted by atomic mass is 19.4. The number of hydrogen-bond donors (Lipinski definition) is 2. The highest BCUT2D eigenvalue weighted by Gasteiger charge is 2.47. The SMILES string of the molecule is COC(=O)C1=C(C)[N+](c2cccc(C(F)(F)F)c2)=C(N)N(C(N)=O)[C@@H]1c1ccc(C#N)cc1CCCN(C)C. The molecule has 3 rings (SSSR count). The summed E-state index contributed by atoms with van der Waals surface area (Å²) in [5.41, 5.74) is 12.9. The first-order valence-electron chi connectivity index (χ1n) is 12.0. The van der Waals surface area contributed by atoms with Crippen molar-refractivity contribution in [3.63, 3.8) is 0 Å². The third-order valence-corrected chi connectivity index (χ3v) is 6.43. The van der Waals surface area contributed by atoms with Crippen LogP contribution in [0.25, 0.3) is 0 Å². The lowest BCUT2D eigenvalue weighted by atomic mass is 9.88. The molecule has 0 bridgehead atoms. The fraction of sp³-hybridized carbons (Fsp3) is 0.333. The number of carbonyl (C=O) groups is 2. The van der Waals surface area contributed by atoms with Crippen molar-refractivity contribution in [1.82, 2.24) is 9.80 Å². The zero-order valence-electron chi connectivity index (χ0n) is 22.0. The predicted octanol–water partition coefficient (Wildman–Crippen LogP) is 3.61. The number of nitrogens with two attached hydrogens (primary N) is 2. The lowest BCUT2D eigenvalue weighted by Gasteiger charge is -2.33. The molecule has 4 N–H and O–H groups in total. The number of amides is 2. The van der Waals surface area contributed by atoms with E-state index in [0.29, 0.717) is 29.5 Å². The van der Waals surface area contributed by atoms with Crippen molar-refractivity contribution in [3.05, 3.63) is 76.0 Å². The summed E-state index contributed by atoms with van der Waals surface area (Å²) in [7, 11) is 4.99. The van der Waals surface area contributed by atoms with Gasteiger partial charge in [-0.1, -0.05) is 12.1 Å². The molecule has 1 heterocycles. The van der Waals surface area contributed by atoms with Crippen molar-refractivity contribution in [1.29, 1.82) is 5.26 Å². The van der Waals surface area contributed by atoms with Crippen LogP contribution in [0.2, 0.25) is 0 Å². The van der Waals surface area contributed by atoms with Gasteiger partial charge in [-0.2, -0.15) is 23.3 Å². The molecule has 0 spiro atoms. The van der Waals surface area contributed by atoms with Crippen LogP contribution in [0.4, 0.5) is 23.7 Å². The third kappa shape index (κ3) is 6.04. The van der Waals surface area contributed by atoms with Crippen LogP contribution < -0.4 is 11.5 Å². The molecule has 1 atom stereocenters. The van der Waals surface area contributed by atoms with Gasteiger partial charge in [-0.05, 0) is 81.9 Å². The summed E-state index contributed by atoms with van der Waals surface area (Å²) >= 11 is 0. The summed E-state index contributed by atoms with van der Waals surface area (Å²) in [5, 5.41) is 9.48. The van der Waals surface area contributed by atoms with Gasteiger partial charge in [-0.15, -0.1) is 0 Å². The molecule has 1 aliphatic rings. The highest BCUT2D eigenvalue weighted by Crippen LogP contribution is 2.40. The maximum absolute atomic E-state index is 13.5. The highest BCUT2D eigenvalue weighted by molar-refractivity contribution is 5.99. The van der Waals surface area contributed by atoms with Gasteiger partial charge in [0.1, 0.15) is 17.3 Å². The number of methoxy groups -OCH3 is 1. The second kappa shape index (κ2) is 11.6. The van der Waals surface area contributed by atoms with E-state index < -0.39 is 29.8 Å². The number of halogens is 3. The molecular weight excluding hydrogens is 513 g/mol. The topological polar surface area (TPSA) is 129 Å². The minimum Gasteiger partial charge on any atom is -0.465 e. The van der Waals surface area contributed by atoms with Gasteiger partial charge in [-0.25, -0.2) is 14.2 Å². The number of primary amides is 1. The average molecular weight is 544 g/mol. The normalized spacial score (nSPS) is 16.0. The first kappa shape index (κ1) is 29.2.